The molecule has 0 saturated heterocycles. The Morgan fingerprint density at radius 3 is 2.70 bits per heavy atom. The number of aliphatic hydroxyl groups excluding tert-OH is 1. The lowest BCUT2D eigenvalue weighted by atomic mass is 9.77. The number of carbonyl (C=O) groups is 1. The van der Waals surface area contributed by atoms with Crippen molar-refractivity contribution in [3.8, 4) is 5.75 Å². The van der Waals surface area contributed by atoms with Crippen LogP contribution < -0.4 is 10.1 Å². The van der Waals surface area contributed by atoms with Gasteiger partial charge in [-0.2, -0.15) is 0 Å². The van der Waals surface area contributed by atoms with Crippen molar-refractivity contribution in [1.82, 2.24) is 5.32 Å². The van der Waals surface area contributed by atoms with E-state index in [1.165, 1.54) is 25.3 Å². The summed E-state index contributed by atoms with van der Waals surface area (Å²) in [6, 6.07) is 3.85. The molecule has 0 atom stereocenters. The number of ether oxygens (including phenoxy) is 1. The quantitative estimate of drug-likeness (QED) is 0.624. The average Bonchev–Trinajstić information content (AvgIpc) is 2.41. The van der Waals surface area contributed by atoms with Gasteiger partial charge in [-0.05, 0) is 25.3 Å². The van der Waals surface area contributed by atoms with Gasteiger partial charge in [-0.15, -0.1) is 0 Å². The molecule has 1 aliphatic carbocycles. The second-order valence-corrected chi connectivity index (χ2v) is 4.89. The Morgan fingerprint density at radius 2 is 2.25 bits per heavy atom. The van der Waals surface area contributed by atoms with Crippen molar-refractivity contribution in [3.05, 3.63) is 33.9 Å². The van der Waals surface area contributed by atoms with E-state index in [1.807, 2.05) is 0 Å². The van der Waals surface area contributed by atoms with Gasteiger partial charge in [-0.1, -0.05) is 0 Å². The fraction of sp³-hybridized carbons (Fsp3) is 0.462. The van der Waals surface area contributed by atoms with E-state index < -0.39 is 16.4 Å². The molecular formula is C13H16N2O5. The summed E-state index contributed by atoms with van der Waals surface area (Å²) in [5, 5.41) is 22.9. The van der Waals surface area contributed by atoms with Crippen LogP contribution in [-0.4, -0.2) is 35.2 Å². The first-order valence-corrected chi connectivity index (χ1v) is 6.27. The molecule has 0 spiro atoms. The van der Waals surface area contributed by atoms with E-state index in [1.54, 1.807) is 0 Å². The number of aliphatic hydroxyl groups is 1. The zero-order valence-electron chi connectivity index (χ0n) is 11.1. The SMILES string of the molecule is COc1ccc([N+](=O)[O-])cc1C(=O)NC1(CO)CCC1. The minimum atomic E-state index is -0.604. The molecule has 1 aromatic rings. The van der Waals surface area contributed by atoms with Crippen LogP contribution in [-0.2, 0) is 0 Å². The first-order chi connectivity index (χ1) is 9.51. The third-order valence-corrected chi connectivity index (χ3v) is 3.63. The molecule has 0 aliphatic heterocycles. The van der Waals surface area contributed by atoms with E-state index in [2.05, 4.69) is 5.32 Å². The minimum Gasteiger partial charge on any atom is -0.496 e. The molecule has 1 fully saturated rings. The highest BCUT2D eigenvalue weighted by atomic mass is 16.6. The van der Waals surface area contributed by atoms with E-state index in [4.69, 9.17) is 4.74 Å². The average molecular weight is 280 g/mol. The summed E-state index contributed by atoms with van der Waals surface area (Å²) in [4.78, 5) is 22.5. The molecule has 1 saturated carbocycles. The number of nitro groups is 1. The number of rotatable bonds is 5. The topological polar surface area (TPSA) is 102 Å². The lowest BCUT2D eigenvalue weighted by Crippen LogP contribution is -2.56. The van der Waals surface area contributed by atoms with Gasteiger partial charge >= 0.3 is 0 Å². The van der Waals surface area contributed by atoms with Gasteiger partial charge < -0.3 is 15.2 Å². The molecule has 1 amide bonds. The van der Waals surface area contributed by atoms with Gasteiger partial charge in [0.15, 0.2) is 0 Å². The second-order valence-electron chi connectivity index (χ2n) is 4.89. The van der Waals surface area contributed by atoms with Crippen LogP contribution in [0.25, 0.3) is 0 Å². The number of hydrogen-bond acceptors (Lipinski definition) is 5. The summed E-state index contributed by atoms with van der Waals surface area (Å²) in [6.07, 6.45) is 2.34. The van der Waals surface area contributed by atoms with E-state index in [9.17, 15) is 20.0 Å². The van der Waals surface area contributed by atoms with Crippen molar-refractivity contribution < 1.29 is 19.6 Å². The van der Waals surface area contributed by atoms with Gasteiger partial charge in [0.05, 0.1) is 29.7 Å². The third kappa shape index (κ3) is 2.57. The maximum absolute atomic E-state index is 12.2. The molecule has 0 heterocycles. The van der Waals surface area contributed by atoms with Crippen LogP contribution in [0, 0.1) is 10.1 Å². The number of nitrogens with zero attached hydrogens (tertiary/aromatic N) is 1. The molecule has 108 valence electrons. The molecule has 2 rings (SSSR count). The molecule has 0 aromatic heterocycles. The number of carbonyl (C=O) groups excluding carboxylic acids is 1. The smallest absolute Gasteiger partial charge is 0.270 e. The van der Waals surface area contributed by atoms with Crippen LogP contribution in [0.1, 0.15) is 29.6 Å². The highest BCUT2D eigenvalue weighted by Crippen LogP contribution is 2.32. The molecule has 2 N–H and O–H groups in total. The Kier molecular flexibility index (Phi) is 3.89. The highest BCUT2D eigenvalue weighted by molar-refractivity contribution is 5.98. The van der Waals surface area contributed by atoms with Gasteiger partial charge in [0.25, 0.3) is 11.6 Å². The Labute approximate surface area is 115 Å². The predicted octanol–water partition coefficient (Wildman–Crippen LogP) is 1.25. The van der Waals surface area contributed by atoms with Crippen molar-refractivity contribution >= 4 is 11.6 Å². The van der Waals surface area contributed by atoms with Crippen LogP contribution in [0.5, 0.6) is 5.75 Å². The molecule has 0 unspecified atom stereocenters. The van der Waals surface area contributed by atoms with Crippen molar-refractivity contribution in [2.75, 3.05) is 13.7 Å². The second kappa shape index (κ2) is 5.46. The van der Waals surface area contributed by atoms with Gasteiger partial charge in [0.1, 0.15) is 5.75 Å². The van der Waals surface area contributed by atoms with Crippen molar-refractivity contribution in [2.24, 2.45) is 0 Å². The van der Waals surface area contributed by atoms with Crippen LogP contribution in [0.3, 0.4) is 0 Å². The number of benzene rings is 1. The van der Waals surface area contributed by atoms with E-state index >= 15 is 0 Å². The molecule has 0 bridgehead atoms. The standard InChI is InChI=1S/C13H16N2O5/c1-20-11-4-3-9(15(18)19)7-10(11)12(17)14-13(8-16)5-2-6-13/h3-4,7,16H,2,5-6,8H2,1H3,(H,14,17). The summed E-state index contributed by atoms with van der Waals surface area (Å²) in [6.45, 7) is -0.143. The van der Waals surface area contributed by atoms with Gasteiger partial charge in [-0.3, -0.25) is 14.9 Å². The van der Waals surface area contributed by atoms with E-state index in [-0.39, 0.29) is 23.6 Å². The monoisotopic (exact) mass is 280 g/mol. The number of hydrogen-bond donors (Lipinski definition) is 2. The molecule has 7 nitrogen and oxygen atoms in total. The Hall–Kier alpha value is -2.15. The van der Waals surface area contributed by atoms with Gasteiger partial charge in [0.2, 0.25) is 0 Å². The number of amides is 1. The summed E-state index contributed by atoms with van der Waals surface area (Å²) in [5.74, 6) is -0.209. The first kappa shape index (κ1) is 14.3. The van der Waals surface area contributed by atoms with Gasteiger partial charge in [0, 0.05) is 12.1 Å². The largest absolute Gasteiger partial charge is 0.496 e. The van der Waals surface area contributed by atoms with Crippen LogP contribution >= 0.6 is 0 Å². The molecule has 0 radical (unpaired) electrons. The fourth-order valence-corrected chi connectivity index (χ4v) is 2.22. The zero-order valence-corrected chi connectivity index (χ0v) is 11.1. The van der Waals surface area contributed by atoms with Crippen molar-refractivity contribution in [3.63, 3.8) is 0 Å². The Balaban J connectivity index is 2.27. The minimum absolute atomic E-state index is 0.0985. The van der Waals surface area contributed by atoms with Crippen LogP contribution in [0.15, 0.2) is 18.2 Å². The maximum atomic E-state index is 12.2. The van der Waals surface area contributed by atoms with Crippen LogP contribution in [0.2, 0.25) is 0 Å². The molecular weight excluding hydrogens is 264 g/mol. The number of non-ortho nitro benzene ring substituents is 1. The summed E-state index contributed by atoms with van der Waals surface area (Å²) < 4.78 is 5.06. The fourth-order valence-electron chi connectivity index (χ4n) is 2.22. The molecule has 7 heteroatoms. The van der Waals surface area contributed by atoms with E-state index in [0.29, 0.717) is 12.8 Å². The molecule has 20 heavy (non-hydrogen) atoms. The first-order valence-electron chi connectivity index (χ1n) is 6.27. The number of nitrogens with one attached hydrogen (secondary N) is 1. The Bertz CT molecular complexity index is 534. The maximum Gasteiger partial charge on any atom is 0.270 e. The van der Waals surface area contributed by atoms with Crippen LogP contribution in [0.4, 0.5) is 5.69 Å². The summed E-state index contributed by atoms with van der Waals surface area (Å²) >= 11 is 0. The summed E-state index contributed by atoms with van der Waals surface area (Å²) in [7, 11) is 1.39. The van der Waals surface area contributed by atoms with E-state index in [0.717, 1.165) is 6.42 Å². The zero-order chi connectivity index (χ0) is 14.8. The summed E-state index contributed by atoms with van der Waals surface area (Å²) in [5.41, 5.74) is -0.684. The third-order valence-electron chi connectivity index (χ3n) is 3.63. The molecule has 1 aliphatic rings. The molecule has 1 aromatic carbocycles. The normalized spacial score (nSPS) is 16.1. The van der Waals surface area contributed by atoms with Crippen molar-refractivity contribution in [1.29, 1.82) is 0 Å². The highest BCUT2D eigenvalue weighted by Gasteiger charge is 2.38. The predicted molar refractivity (Wildman–Crippen MR) is 70.8 cm³/mol. The Morgan fingerprint density at radius 1 is 1.55 bits per heavy atom. The number of methoxy groups -OCH3 is 1. The number of nitro benzene ring substituents is 1. The lowest BCUT2D eigenvalue weighted by molar-refractivity contribution is -0.384. The van der Waals surface area contributed by atoms with Gasteiger partial charge in [-0.25, -0.2) is 0 Å². The van der Waals surface area contributed by atoms with Crippen molar-refractivity contribution in [2.45, 2.75) is 24.8 Å². The lowest BCUT2D eigenvalue weighted by Gasteiger charge is -2.41.